The van der Waals surface area contributed by atoms with E-state index >= 15 is 0 Å². The van der Waals surface area contributed by atoms with Gasteiger partial charge in [0.1, 0.15) is 11.3 Å². The lowest BCUT2D eigenvalue weighted by atomic mass is 9.97. The first-order valence-electron chi connectivity index (χ1n) is 10.9. The molecule has 0 bridgehead atoms. The Hall–Kier alpha value is -3.16. The second-order valence-corrected chi connectivity index (χ2v) is 8.27. The van der Waals surface area contributed by atoms with Gasteiger partial charge in [-0.25, -0.2) is 0 Å². The molecule has 0 aliphatic carbocycles. The number of morpholine rings is 1. The molecule has 0 spiro atoms. The van der Waals surface area contributed by atoms with E-state index in [1.54, 1.807) is 18.1 Å². The summed E-state index contributed by atoms with van der Waals surface area (Å²) >= 11 is 0. The van der Waals surface area contributed by atoms with E-state index in [9.17, 15) is 9.59 Å². The van der Waals surface area contributed by atoms with Gasteiger partial charge in [0.2, 0.25) is 5.76 Å². The number of methoxy groups -OCH3 is 1. The van der Waals surface area contributed by atoms with Crippen molar-refractivity contribution in [3.8, 4) is 5.75 Å². The Morgan fingerprint density at radius 1 is 1.06 bits per heavy atom. The number of aryl methyl sites for hydroxylation is 1. The molecule has 1 amide bonds. The smallest absolute Gasteiger partial charge is 0.290 e. The summed E-state index contributed by atoms with van der Waals surface area (Å²) in [6.07, 6.45) is 0. The SMILES string of the molecule is COc1ccccc1C1c2c(oc3ccc(C)cc3c2=O)C(=O)N1CCN1CCOCC1. The van der Waals surface area contributed by atoms with Gasteiger partial charge in [-0.2, -0.15) is 0 Å². The first-order chi connectivity index (χ1) is 15.6. The molecule has 1 saturated heterocycles. The summed E-state index contributed by atoms with van der Waals surface area (Å²) in [7, 11) is 1.60. The van der Waals surface area contributed by atoms with Gasteiger partial charge in [-0.3, -0.25) is 14.5 Å². The minimum Gasteiger partial charge on any atom is -0.496 e. The summed E-state index contributed by atoms with van der Waals surface area (Å²) in [5, 5.41) is 0.492. The normalized spacial score (nSPS) is 18.9. The van der Waals surface area contributed by atoms with Gasteiger partial charge in [0, 0.05) is 31.7 Å². The maximum absolute atomic E-state index is 13.6. The first kappa shape index (κ1) is 20.7. The second kappa shape index (κ2) is 8.41. The minimum absolute atomic E-state index is 0.129. The number of nitrogens with zero attached hydrogens (tertiary/aromatic N) is 2. The number of carbonyl (C=O) groups excluding carboxylic acids is 1. The van der Waals surface area contributed by atoms with E-state index in [4.69, 9.17) is 13.9 Å². The van der Waals surface area contributed by atoms with E-state index in [1.807, 2.05) is 43.3 Å². The molecule has 2 aliphatic heterocycles. The number of amides is 1. The van der Waals surface area contributed by atoms with Crippen LogP contribution in [0.3, 0.4) is 0 Å². The molecule has 3 aromatic rings. The molecule has 1 unspecified atom stereocenters. The van der Waals surface area contributed by atoms with E-state index in [2.05, 4.69) is 4.90 Å². The number of fused-ring (bicyclic) bond motifs is 2. The van der Waals surface area contributed by atoms with Crippen molar-refractivity contribution in [1.82, 2.24) is 9.80 Å². The number of para-hydroxylation sites is 1. The fraction of sp³-hybridized carbons (Fsp3) is 0.360. The summed E-state index contributed by atoms with van der Waals surface area (Å²) in [5.74, 6) is 0.506. The van der Waals surface area contributed by atoms with Gasteiger partial charge in [0.05, 0.1) is 37.3 Å². The molecule has 7 nitrogen and oxygen atoms in total. The zero-order valence-corrected chi connectivity index (χ0v) is 18.3. The average molecular weight is 434 g/mol. The van der Waals surface area contributed by atoms with E-state index in [1.165, 1.54) is 0 Å². The second-order valence-electron chi connectivity index (χ2n) is 8.27. The molecule has 0 N–H and O–H groups in total. The third-order valence-electron chi connectivity index (χ3n) is 6.32. The van der Waals surface area contributed by atoms with Crippen LogP contribution in [0.15, 0.2) is 51.7 Å². The molecule has 166 valence electrons. The Bertz CT molecular complexity index is 1230. The van der Waals surface area contributed by atoms with Crippen molar-refractivity contribution in [2.75, 3.05) is 46.5 Å². The van der Waals surface area contributed by atoms with Gasteiger partial charge in [0.25, 0.3) is 5.91 Å². The van der Waals surface area contributed by atoms with Gasteiger partial charge >= 0.3 is 0 Å². The van der Waals surface area contributed by atoms with Crippen molar-refractivity contribution in [3.05, 3.63) is 75.1 Å². The molecule has 2 aromatic carbocycles. The van der Waals surface area contributed by atoms with Crippen molar-refractivity contribution in [2.24, 2.45) is 0 Å². The lowest BCUT2D eigenvalue weighted by Crippen LogP contribution is -2.42. The van der Waals surface area contributed by atoms with Crippen molar-refractivity contribution in [3.63, 3.8) is 0 Å². The van der Waals surface area contributed by atoms with Crippen LogP contribution in [0.5, 0.6) is 5.75 Å². The summed E-state index contributed by atoms with van der Waals surface area (Å²) in [4.78, 5) is 31.2. The number of benzene rings is 2. The lowest BCUT2D eigenvalue weighted by Gasteiger charge is -2.31. The fourth-order valence-corrected chi connectivity index (χ4v) is 4.65. The zero-order chi connectivity index (χ0) is 22.2. The topological polar surface area (TPSA) is 72.2 Å². The molecule has 2 aliphatic rings. The van der Waals surface area contributed by atoms with Gasteiger partial charge < -0.3 is 18.8 Å². The fourth-order valence-electron chi connectivity index (χ4n) is 4.65. The van der Waals surface area contributed by atoms with Crippen molar-refractivity contribution < 1.29 is 18.7 Å². The third-order valence-corrected chi connectivity index (χ3v) is 6.32. The highest BCUT2D eigenvalue weighted by molar-refractivity contribution is 5.99. The highest BCUT2D eigenvalue weighted by Crippen LogP contribution is 2.41. The summed E-state index contributed by atoms with van der Waals surface area (Å²) < 4.78 is 17.1. The number of hydrogen-bond acceptors (Lipinski definition) is 6. The monoisotopic (exact) mass is 434 g/mol. The highest BCUT2D eigenvalue weighted by Gasteiger charge is 2.43. The summed E-state index contributed by atoms with van der Waals surface area (Å²) in [6.45, 7) is 6.14. The van der Waals surface area contributed by atoms with Crippen LogP contribution in [-0.2, 0) is 4.74 Å². The highest BCUT2D eigenvalue weighted by atomic mass is 16.5. The van der Waals surface area contributed by atoms with Gasteiger partial charge in [-0.05, 0) is 25.1 Å². The van der Waals surface area contributed by atoms with Gasteiger partial charge in [0.15, 0.2) is 5.43 Å². The van der Waals surface area contributed by atoms with E-state index in [0.29, 0.717) is 48.6 Å². The molecule has 5 rings (SSSR count). The van der Waals surface area contributed by atoms with Crippen molar-refractivity contribution in [2.45, 2.75) is 13.0 Å². The standard InChI is InChI=1S/C25H26N2O5/c1-16-7-8-20-18(15-16)23(28)21-22(17-5-3-4-6-19(17)30-2)27(25(29)24(21)32-20)10-9-26-11-13-31-14-12-26/h3-8,15,22H,9-14H2,1-2H3. The summed E-state index contributed by atoms with van der Waals surface area (Å²) in [5.41, 5.74) is 2.40. The van der Waals surface area contributed by atoms with E-state index < -0.39 is 6.04 Å². The molecule has 1 fully saturated rings. The molecular formula is C25H26N2O5. The van der Waals surface area contributed by atoms with Crippen LogP contribution in [-0.4, -0.2) is 62.2 Å². The predicted octanol–water partition coefficient (Wildman–Crippen LogP) is 2.99. The lowest BCUT2D eigenvalue weighted by molar-refractivity contribution is 0.0314. The Morgan fingerprint density at radius 3 is 2.62 bits per heavy atom. The third kappa shape index (κ3) is 3.47. The molecule has 7 heteroatoms. The van der Waals surface area contributed by atoms with Crippen LogP contribution in [0, 0.1) is 6.92 Å². The maximum Gasteiger partial charge on any atom is 0.290 e. The summed E-state index contributed by atoms with van der Waals surface area (Å²) in [6, 6.07) is 12.4. The average Bonchev–Trinajstić information content (AvgIpc) is 3.10. The minimum atomic E-state index is -0.559. The molecule has 1 aromatic heterocycles. The van der Waals surface area contributed by atoms with Crippen LogP contribution in [0.1, 0.15) is 33.3 Å². The molecule has 32 heavy (non-hydrogen) atoms. The first-order valence-corrected chi connectivity index (χ1v) is 10.9. The predicted molar refractivity (Wildman–Crippen MR) is 120 cm³/mol. The molecule has 0 saturated carbocycles. The van der Waals surface area contributed by atoms with Gasteiger partial charge in [-0.1, -0.05) is 29.8 Å². The Labute approximate surface area is 186 Å². The van der Waals surface area contributed by atoms with E-state index in [0.717, 1.165) is 24.2 Å². The number of rotatable bonds is 5. The Balaban J connectivity index is 1.64. The van der Waals surface area contributed by atoms with Crippen LogP contribution in [0.25, 0.3) is 11.0 Å². The van der Waals surface area contributed by atoms with Crippen molar-refractivity contribution >= 4 is 16.9 Å². The Kier molecular flexibility index (Phi) is 5.45. The molecule has 0 radical (unpaired) electrons. The number of ether oxygens (including phenoxy) is 2. The maximum atomic E-state index is 13.6. The Morgan fingerprint density at radius 2 is 1.84 bits per heavy atom. The largest absolute Gasteiger partial charge is 0.496 e. The molecule has 1 atom stereocenters. The molecule has 3 heterocycles. The zero-order valence-electron chi connectivity index (χ0n) is 18.3. The molecular weight excluding hydrogens is 408 g/mol. The quantitative estimate of drug-likeness (QED) is 0.615. The van der Waals surface area contributed by atoms with Crippen molar-refractivity contribution in [1.29, 1.82) is 0 Å². The number of carbonyl (C=O) groups is 1. The van der Waals surface area contributed by atoms with Crippen LogP contribution >= 0.6 is 0 Å². The van der Waals surface area contributed by atoms with Crippen LogP contribution in [0.4, 0.5) is 0 Å². The van der Waals surface area contributed by atoms with E-state index in [-0.39, 0.29) is 17.1 Å². The van der Waals surface area contributed by atoms with Gasteiger partial charge in [-0.15, -0.1) is 0 Å². The van der Waals surface area contributed by atoms with Crippen LogP contribution in [0.2, 0.25) is 0 Å². The number of hydrogen-bond donors (Lipinski definition) is 0. The van der Waals surface area contributed by atoms with Crippen LogP contribution < -0.4 is 10.2 Å².